The Morgan fingerprint density at radius 1 is 1.17 bits per heavy atom. The highest BCUT2D eigenvalue weighted by Crippen LogP contribution is 2.22. The first-order valence-electron chi connectivity index (χ1n) is 6.12. The molecule has 2 atom stereocenters. The predicted octanol–water partition coefficient (Wildman–Crippen LogP) is 0.847. The van der Waals surface area contributed by atoms with Gasteiger partial charge in [-0.2, -0.15) is 12.6 Å². The number of aliphatic hydroxyl groups is 2. The van der Waals surface area contributed by atoms with E-state index >= 15 is 0 Å². The molecule has 2 N–H and O–H groups in total. The average molecular weight is 269 g/mol. The number of rotatable bonds is 4. The number of nitrogens with zero attached hydrogens (tertiary/aromatic N) is 1. The summed E-state index contributed by atoms with van der Waals surface area (Å²) in [6, 6.07) is 7.63. The van der Waals surface area contributed by atoms with E-state index in [0.717, 1.165) is 32.0 Å². The van der Waals surface area contributed by atoms with Gasteiger partial charge in [0.2, 0.25) is 0 Å². The van der Waals surface area contributed by atoms with Gasteiger partial charge in [0.25, 0.3) is 0 Å². The van der Waals surface area contributed by atoms with Crippen molar-refractivity contribution in [3.63, 3.8) is 0 Å². The standard InChI is InChI=1S/C13H19NO3S/c15-12(9-18)13(16)10-1-3-11(4-2-10)14-5-7-17-8-6-14/h1-4,12-13,15-16,18H,5-9H2. The van der Waals surface area contributed by atoms with Gasteiger partial charge in [0, 0.05) is 24.5 Å². The second-order valence-corrected chi connectivity index (χ2v) is 4.75. The van der Waals surface area contributed by atoms with Crippen molar-refractivity contribution >= 4 is 18.3 Å². The number of morpholine rings is 1. The van der Waals surface area contributed by atoms with E-state index in [-0.39, 0.29) is 5.75 Å². The summed E-state index contributed by atoms with van der Waals surface area (Å²) in [6.07, 6.45) is -1.70. The fourth-order valence-corrected chi connectivity index (χ4v) is 2.23. The zero-order chi connectivity index (χ0) is 13.0. The van der Waals surface area contributed by atoms with Crippen LogP contribution in [0.3, 0.4) is 0 Å². The minimum absolute atomic E-state index is 0.242. The minimum Gasteiger partial charge on any atom is -0.389 e. The number of thiol groups is 1. The van der Waals surface area contributed by atoms with Crippen LogP contribution in [-0.4, -0.2) is 48.4 Å². The van der Waals surface area contributed by atoms with Gasteiger partial charge in [0.15, 0.2) is 0 Å². The van der Waals surface area contributed by atoms with Crippen LogP contribution in [0.1, 0.15) is 11.7 Å². The lowest BCUT2D eigenvalue weighted by atomic mass is 10.0. The first kappa shape index (κ1) is 13.7. The van der Waals surface area contributed by atoms with Gasteiger partial charge in [0.1, 0.15) is 6.10 Å². The molecule has 18 heavy (non-hydrogen) atoms. The molecular weight excluding hydrogens is 250 g/mol. The van der Waals surface area contributed by atoms with Crippen LogP contribution in [0.25, 0.3) is 0 Å². The Morgan fingerprint density at radius 3 is 2.33 bits per heavy atom. The Morgan fingerprint density at radius 2 is 1.78 bits per heavy atom. The summed E-state index contributed by atoms with van der Waals surface area (Å²) in [5.41, 5.74) is 1.84. The van der Waals surface area contributed by atoms with E-state index in [4.69, 9.17) is 4.74 Å². The molecule has 2 unspecified atom stereocenters. The molecule has 1 heterocycles. The third kappa shape index (κ3) is 3.17. The second-order valence-electron chi connectivity index (χ2n) is 4.39. The molecule has 0 saturated carbocycles. The van der Waals surface area contributed by atoms with E-state index < -0.39 is 12.2 Å². The zero-order valence-corrected chi connectivity index (χ0v) is 11.1. The van der Waals surface area contributed by atoms with Crippen molar-refractivity contribution < 1.29 is 14.9 Å². The number of hydrogen-bond acceptors (Lipinski definition) is 5. The molecule has 0 aromatic heterocycles. The summed E-state index contributed by atoms with van der Waals surface area (Å²) in [5, 5.41) is 19.4. The predicted molar refractivity (Wildman–Crippen MR) is 74.3 cm³/mol. The van der Waals surface area contributed by atoms with Crippen LogP contribution in [0.5, 0.6) is 0 Å². The summed E-state index contributed by atoms with van der Waals surface area (Å²) >= 11 is 3.98. The van der Waals surface area contributed by atoms with E-state index in [2.05, 4.69) is 17.5 Å². The molecule has 1 aliphatic heterocycles. The third-order valence-corrected chi connectivity index (χ3v) is 3.54. The molecule has 5 heteroatoms. The summed E-state index contributed by atoms with van der Waals surface area (Å²) in [4.78, 5) is 2.24. The number of ether oxygens (including phenoxy) is 1. The van der Waals surface area contributed by atoms with Gasteiger partial charge in [-0.1, -0.05) is 12.1 Å². The first-order chi connectivity index (χ1) is 8.72. The molecule has 0 radical (unpaired) electrons. The normalized spacial score (nSPS) is 19.6. The van der Waals surface area contributed by atoms with E-state index in [0.29, 0.717) is 5.56 Å². The Balaban J connectivity index is 2.04. The van der Waals surface area contributed by atoms with Crippen molar-refractivity contribution in [1.29, 1.82) is 0 Å². The van der Waals surface area contributed by atoms with Gasteiger partial charge in [-0.15, -0.1) is 0 Å². The minimum atomic E-state index is -0.874. The molecule has 1 aromatic rings. The largest absolute Gasteiger partial charge is 0.389 e. The second kappa shape index (κ2) is 6.43. The van der Waals surface area contributed by atoms with Crippen LogP contribution < -0.4 is 4.90 Å². The van der Waals surface area contributed by atoms with E-state index in [1.165, 1.54) is 0 Å². The molecular formula is C13H19NO3S. The quantitative estimate of drug-likeness (QED) is 0.709. The third-order valence-electron chi connectivity index (χ3n) is 3.16. The number of benzene rings is 1. The summed E-state index contributed by atoms with van der Waals surface area (Å²) in [5.74, 6) is 0.242. The topological polar surface area (TPSA) is 52.9 Å². The Bertz CT molecular complexity index is 344. The van der Waals surface area contributed by atoms with Crippen LogP contribution in [0, 0.1) is 0 Å². The molecule has 4 nitrogen and oxygen atoms in total. The van der Waals surface area contributed by atoms with E-state index in [1.54, 1.807) is 0 Å². The number of aliphatic hydroxyl groups excluding tert-OH is 2. The van der Waals surface area contributed by atoms with Crippen molar-refractivity contribution in [2.24, 2.45) is 0 Å². The van der Waals surface area contributed by atoms with Crippen molar-refractivity contribution in [2.75, 3.05) is 37.0 Å². The van der Waals surface area contributed by atoms with Crippen LogP contribution in [0.4, 0.5) is 5.69 Å². The molecule has 0 bridgehead atoms. The molecule has 1 aromatic carbocycles. The first-order valence-corrected chi connectivity index (χ1v) is 6.75. The van der Waals surface area contributed by atoms with Crippen LogP contribution in [0.2, 0.25) is 0 Å². The summed E-state index contributed by atoms with van der Waals surface area (Å²) in [7, 11) is 0. The number of hydrogen-bond donors (Lipinski definition) is 3. The average Bonchev–Trinajstić information content (AvgIpc) is 2.47. The molecule has 1 saturated heterocycles. The van der Waals surface area contributed by atoms with Gasteiger partial charge in [0.05, 0.1) is 19.3 Å². The van der Waals surface area contributed by atoms with Crippen LogP contribution >= 0.6 is 12.6 Å². The highest BCUT2D eigenvalue weighted by atomic mass is 32.1. The Labute approximate surface area is 113 Å². The smallest absolute Gasteiger partial charge is 0.106 e. The van der Waals surface area contributed by atoms with Gasteiger partial charge >= 0.3 is 0 Å². The molecule has 0 spiro atoms. The SMILES string of the molecule is OC(CS)C(O)c1ccc(N2CCOCC2)cc1. The molecule has 2 rings (SSSR count). The molecule has 0 aliphatic carbocycles. The monoisotopic (exact) mass is 269 g/mol. The van der Waals surface area contributed by atoms with Gasteiger partial charge in [-0.05, 0) is 17.7 Å². The van der Waals surface area contributed by atoms with Crippen molar-refractivity contribution in [2.45, 2.75) is 12.2 Å². The highest BCUT2D eigenvalue weighted by molar-refractivity contribution is 7.80. The maximum atomic E-state index is 9.86. The summed E-state index contributed by atoms with van der Waals surface area (Å²) < 4.78 is 5.31. The lowest BCUT2D eigenvalue weighted by Gasteiger charge is -2.29. The van der Waals surface area contributed by atoms with Crippen molar-refractivity contribution in [1.82, 2.24) is 0 Å². The zero-order valence-electron chi connectivity index (χ0n) is 10.2. The van der Waals surface area contributed by atoms with Gasteiger partial charge < -0.3 is 19.8 Å². The maximum Gasteiger partial charge on any atom is 0.106 e. The highest BCUT2D eigenvalue weighted by Gasteiger charge is 2.17. The fraction of sp³-hybridized carbons (Fsp3) is 0.538. The lowest BCUT2D eigenvalue weighted by molar-refractivity contribution is 0.0337. The van der Waals surface area contributed by atoms with Crippen LogP contribution in [0.15, 0.2) is 24.3 Å². The maximum absolute atomic E-state index is 9.86. The van der Waals surface area contributed by atoms with Gasteiger partial charge in [-0.25, -0.2) is 0 Å². The molecule has 100 valence electrons. The lowest BCUT2D eigenvalue weighted by Crippen LogP contribution is -2.36. The Hall–Kier alpha value is -0.750. The van der Waals surface area contributed by atoms with Gasteiger partial charge in [-0.3, -0.25) is 0 Å². The molecule has 0 amide bonds. The number of anilines is 1. The van der Waals surface area contributed by atoms with Crippen molar-refractivity contribution in [3.05, 3.63) is 29.8 Å². The van der Waals surface area contributed by atoms with E-state index in [9.17, 15) is 10.2 Å². The van der Waals surface area contributed by atoms with E-state index in [1.807, 2.05) is 24.3 Å². The summed E-state index contributed by atoms with van der Waals surface area (Å²) in [6.45, 7) is 3.29. The van der Waals surface area contributed by atoms with Crippen LogP contribution in [-0.2, 0) is 4.74 Å². The Kier molecular flexibility index (Phi) is 4.88. The molecule has 1 aliphatic rings. The fourth-order valence-electron chi connectivity index (χ4n) is 2.03. The van der Waals surface area contributed by atoms with Crippen molar-refractivity contribution in [3.8, 4) is 0 Å². The molecule has 1 fully saturated rings.